The van der Waals surface area contributed by atoms with Crippen LogP contribution in [-0.4, -0.2) is 13.2 Å². The van der Waals surface area contributed by atoms with E-state index in [1.165, 1.54) is 43.2 Å². The molecule has 1 nitrogen and oxygen atoms in total. The zero-order chi connectivity index (χ0) is 13.1. The predicted octanol–water partition coefficient (Wildman–Crippen LogP) is 5.05. The van der Waals surface area contributed by atoms with E-state index in [0.717, 1.165) is 25.6 Å². The number of benzene rings is 1. The van der Waals surface area contributed by atoms with Crippen molar-refractivity contribution in [3.05, 3.63) is 35.4 Å². The Morgan fingerprint density at radius 1 is 1.00 bits per heavy atom. The van der Waals surface area contributed by atoms with Crippen LogP contribution >= 0.6 is 11.6 Å². The molecule has 2 aliphatic rings. The maximum atomic E-state index is 6.57. The van der Waals surface area contributed by atoms with Crippen LogP contribution in [0.3, 0.4) is 0 Å². The standard InChI is InChI=1S/C17H23ClO/c18-17(16-10-11-19-12-16)15-8-6-14(7-9-15)13-4-2-1-3-5-13/h6-9,13,16-17H,1-5,10-12H2. The van der Waals surface area contributed by atoms with Gasteiger partial charge in [0, 0.05) is 12.5 Å². The minimum atomic E-state index is 0.114. The molecule has 0 radical (unpaired) electrons. The third-order valence-electron chi connectivity index (χ3n) is 4.71. The highest BCUT2D eigenvalue weighted by Gasteiger charge is 2.25. The molecule has 2 atom stereocenters. The van der Waals surface area contributed by atoms with Gasteiger partial charge < -0.3 is 4.74 Å². The van der Waals surface area contributed by atoms with Gasteiger partial charge in [0.05, 0.1) is 12.0 Å². The zero-order valence-corrected chi connectivity index (χ0v) is 12.2. The fourth-order valence-electron chi connectivity index (χ4n) is 3.44. The van der Waals surface area contributed by atoms with Gasteiger partial charge in [-0.3, -0.25) is 0 Å². The molecule has 19 heavy (non-hydrogen) atoms. The van der Waals surface area contributed by atoms with E-state index < -0.39 is 0 Å². The molecule has 1 aliphatic carbocycles. The van der Waals surface area contributed by atoms with Crippen LogP contribution in [0.15, 0.2) is 24.3 Å². The number of alkyl halides is 1. The van der Waals surface area contributed by atoms with Crippen molar-refractivity contribution < 1.29 is 4.74 Å². The average molecular weight is 279 g/mol. The second-order valence-electron chi connectivity index (χ2n) is 6.03. The van der Waals surface area contributed by atoms with E-state index in [1.54, 1.807) is 0 Å². The number of rotatable bonds is 3. The lowest BCUT2D eigenvalue weighted by Gasteiger charge is -2.23. The molecule has 0 aromatic heterocycles. The van der Waals surface area contributed by atoms with Crippen LogP contribution in [0.25, 0.3) is 0 Å². The Balaban J connectivity index is 1.67. The normalized spacial score (nSPS) is 26.5. The number of hydrogen-bond donors (Lipinski definition) is 0. The Morgan fingerprint density at radius 3 is 2.37 bits per heavy atom. The summed E-state index contributed by atoms with van der Waals surface area (Å²) in [6.45, 7) is 1.69. The summed E-state index contributed by atoms with van der Waals surface area (Å²) in [6, 6.07) is 9.08. The molecule has 2 heteroatoms. The van der Waals surface area contributed by atoms with E-state index >= 15 is 0 Å². The molecule has 2 fully saturated rings. The van der Waals surface area contributed by atoms with E-state index in [1.807, 2.05) is 0 Å². The molecule has 1 aliphatic heterocycles. The molecule has 104 valence electrons. The summed E-state index contributed by atoms with van der Waals surface area (Å²) in [4.78, 5) is 0. The van der Waals surface area contributed by atoms with Gasteiger partial charge in [0.15, 0.2) is 0 Å². The summed E-state index contributed by atoms with van der Waals surface area (Å²) >= 11 is 6.57. The minimum Gasteiger partial charge on any atom is -0.381 e. The maximum Gasteiger partial charge on any atom is 0.0636 e. The predicted molar refractivity (Wildman–Crippen MR) is 79.8 cm³/mol. The summed E-state index contributed by atoms with van der Waals surface area (Å²) < 4.78 is 5.43. The summed E-state index contributed by atoms with van der Waals surface area (Å²) in [7, 11) is 0. The van der Waals surface area contributed by atoms with Crippen molar-refractivity contribution in [1.82, 2.24) is 0 Å². The lowest BCUT2D eigenvalue weighted by atomic mass is 9.83. The number of hydrogen-bond acceptors (Lipinski definition) is 1. The van der Waals surface area contributed by atoms with Crippen molar-refractivity contribution in [2.75, 3.05) is 13.2 Å². The highest BCUT2D eigenvalue weighted by Crippen LogP contribution is 2.36. The van der Waals surface area contributed by atoms with E-state index in [0.29, 0.717) is 5.92 Å². The van der Waals surface area contributed by atoms with Crippen LogP contribution < -0.4 is 0 Å². The van der Waals surface area contributed by atoms with Gasteiger partial charge in [-0.15, -0.1) is 11.6 Å². The van der Waals surface area contributed by atoms with Gasteiger partial charge in [0.2, 0.25) is 0 Å². The molecular formula is C17H23ClO. The van der Waals surface area contributed by atoms with Crippen LogP contribution in [0.1, 0.15) is 60.9 Å². The summed E-state index contributed by atoms with van der Waals surface area (Å²) in [5.41, 5.74) is 2.77. The van der Waals surface area contributed by atoms with Crippen molar-refractivity contribution in [1.29, 1.82) is 0 Å². The Hall–Kier alpha value is -0.530. The third-order valence-corrected chi connectivity index (χ3v) is 5.32. The molecule has 0 spiro atoms. The Labute approximate surface area is 121 Å². The molecule has 1 aromatic carbocycles. The van der Waals surface area contributed by atoms with Gasteiger partial charge in [-0.2, -0.15) is 0 Å². The van der Waals surface area contributed by atoms with Crippen molar-refractivity contribution >= 4 is 11.6 Å². The minimum absolute atomic E-state index is 0.114. The lowest BCUT2D eigenvalue weighted by molar-refractivity contribution is 0.185. The summed E-state index contributed by atoms with van der Waals surface area (Å²) in [5.74, 6) is 1.27. The molecular weight excluding hydrogens is 256 g/mol. The molecule has 1 heterocycles. The van der Waals surface area contributed by atoms with Gasteiger partial charge >= 0.3 is 0 Å². The topological polar surface area (TPSA) is 9.23 Å². The van der Waals surface area contributed by atoms with Crippen LogP contribution in [0.4, 0.5) is 0 Å². The Kier molecular flexibility index (Phi) is 4.45. The molecule has 0 amide bonds. The van der Waals surface area contributed by atoms with E-state index in [9.17, 15) is 0 Å². The maximum absolute atomic E-state index is 6.57. The van der Waals surface area contributed by atoms with Crippen molar-refractivity contribution in [3.63, 3.8) is 0 Å². The largest absolute Gasteiger partial charge is 0.381 e. The average Bonchev–Trinajstić information content (AvgIpc) is 3.02. The van der Waals surface area contributed by atoms with Crippen molar-refractivity contribution in [2.45, 2.75) is 49.8 Å². The fourth-order valence-corrected chi connectivity index (χ4v) is 3.79. The second kappa shape index (κ2) is 6.28. The van der Waals surface area contributed by atoms with Gasteiger partial charge in [-0.1, -0.05) is 43.5 Å². The zero-order valence-electron chi connectivity index (χ0n) is 11.5. The smallest absolute Gasteiger partial charge is 0.0636 e. The first-order valence-corrected chi connectivity index (χ1v) is 8.10. The van der Waals surface area contributed by atoms with E-state index in [4.69, 9.17) is 16.3 Å². The van der Waals surface area contributed by atoms with E-state index in [2.05, 4.69) is 24.3 Å². The first kappa shape index (κ1) is 13.5. The molecule has 1 saturated heterocycles. The Bertz CT molecular complexity index is 388. The van der Waals surface area contributed by atoms with Gasteiger partial charge in [0.1, 0.15) is 0 Å². The molecule has 0 N–H and O–H groups in total. The summed E-state index contributed by atoms with van der Waals surface area (Å²) in [6.07, 6.45) is 8.02. The van der Waals surface area contributed by atoms with Crippen LogP contribution in [0, 0.1) is 5.92 Å². The van der Waals surface area contributed by atoms with Crippen LogP contribution in [-0.2, 0) is 4.74 Å². The van der Waals surface area contributed by atoms with Gasteiger partial charge in [-0.05, 0) is 36.3 Å². The first-order chi connectivity index (χ1) is 9.34. The third kappa shape index (κ3) is 3.14. The van der Waals surface area contributed by atoms with Crippen molar-refractivity contribution in [3.8, 4) is 0 Å². The van der Waals surface area contributed by atoms with E-state index in [-0.39, 0.29) is 5.38 Å². The molecule has 2 unspecified atom stereocenters. The second-order valence-corrected chi connectivity index (χ2v) is 6.50. The molecule has 1 saturated carbocycles. The molecule has 1 aromatic rings. The SMILES string of the molecule is ClC(c1ccc(C2CCCCC2)cc1)C1CCOC1. The van der Waals surface area contributed by atoms with Gasteiger partial charge in [-0.25, -0.2) is 0 Å². The highest BCUT2D eigenvalue weighted by atomic mass is 35.5. The molecule has 0 bridgehead atoms. The van der Waals surface area contributed by atoms with Gasteiger partial charge in [0.25, 0.3) is 0 Å². The summed E-state index contributed by atoms with van der Waals surface area (Å²) in [5, 5.41) is 0.114. The number of ether oxygens (including phenoxy) is 1. The van der Waals surface area contributed by atoms with Crippen LogP contribution in [0.5, 0.6) is 0 Å². The monoisotopic (exact) mass is 278 g/mol. The quantitative estimate of drug-likeness (QED) is 0.703. The Morgan fingerprint density at radius 2 is 1.74 bits per heavy atom. The molecule has 3 rings (SSSR count). The number of halogens is 1. The van der Waals surface area contributed by atoms with Crippen molar-refractivity contribution in [2.24, 2.45) is 5.92 Å². The fraction of sp³-hybridized carbons (Fsp3) is 0.647. The lowest BCUT2D eigenvalue weighted by Crippen LogP contribution is -2.08. The highest BCUT2D eigenvalue weighted by molar-refractivity contribution is 6.21. The van der Waals surface area contributed by atoms with Crippen LogP contribution in [0.2, 0.25) is 0 Å². The first-order valence-electron chi connectivity index (χ1n) is 7.66.